The number of unbranched alkanes of at least 4 members (excludes halogenated alkanes) is 1. The monoisotopic (exact) mass is 374 g/mol. The largest absolute Gasteiger partial charge is 0.370 e. The van der Waals surface area contributed by atoms with Crippen molar-refractivity contribution >= 4 is 22.8 Å². The molecular formula is C23H26N4O. The van der Waals surface area contributed by atoms with Gasteiger partial charge in [-0.3, -0.25) is 15.5 Å². The number of hydrogen-bond acceptors (Lipinski definition) is 3. The Hall–Kier alpha value is -3.21. The summed E-state index contributed by atoms with van der Waals surface area (Å²) in [4.78, 5) is 18.0. The van der Waals surface area contributed by atoms with Crippen LogP contribution in [0.25, 0.3) is 22.2 Å². The molecule has 1 atom stereocenters. The van der Waals surface area contributed by atoms with Crippen LogP contribution in [0, 0.1) is 5.41 Å². The van der Waals surface area contributed by atoms with Crippen LogP contribution >= 0.6 is 0 Å². The van der Waals surface area contributed by atoms with E-state index in [1.807, 2.05) is 54.6 Å². The molecule has 3 rings (SSSR count). The third-order valence-corrected chi connectivity index (χ3v) is 4.94. The number of pyridine rings is 1. The predicted octanol–water partition coefficient (Wildman–Crippen LogP) is 4.82. The SMILES string of the molecule is CCCCC(C)c1c(-c2ccccc2)nc2ccccc2c1C(=O)NC(=N)N. The van der Waals surface area contributed by atoms with Gasteiger partial charge in [-0.05, 0) is 24.0 Å². The van der Waals surface area contributed by atoms with Crippen molar-refractivity contribution in [2.24, 2.45) is 5.73 Å². The minimum absolute atomic E-state index is 0.139. The molecule has 0 fully saturated rings. The van der Waals surface area contributed by atoms with E-state index >= 15 is 0 Å². The van der Waals surface area contributed by atoms with Gasteiger partial charge in [-0.2, -0.15) is 0 Å². The molecule has 3 aromatic rings. The quantitative estimate of drug-likeness (QED) is 0.427. The van der Waals surface area contributed by atoms with Gasteiger partial charge in [0.25, 0.3) is 5.91 Å². The Bertz CT molecular complexity index is 998. The van der Waals surface area contributed by atoms with E-state index in [4.69, 9.17) is 16.1 Å². The molecule has 0 saturated carbocycles. The van der Waals surface area contributed by atoms with Gasteiger partial charge in [-0.1, -0.05) is 75.2 Å². The fourth-order valence-electron chi connectivity index (χ4n) is 3.61. The zero-order valence-electron chi connectivity index (χ0n) is 16.3. The standard InChI is InChI=1S/C23H26N4O/c1-3-4-10-15(2)19-20(22(28)27-23(24)25)17-13-8-9-14-18(17)26-21(19)16-11-6-5-7-12-16/h5-9,11-15H,3-4,10H2,1-2H3,(H4,24,25,27,28). The lowest BCUT2D eigenvalue weighted by Gasteiger charge is -2.22. The maximum absolute atomic E-state index is 13.1. The second-order valence-corrected chi connectivity index (χ2v) is 7.04. The number of carbonyl (C=O) groups excluding carboxylic acids is 1. The van der Waals surface area contributed by atoms with Crippen LogP contribution in [-0.2, 0) is 0 Å². The minimum Gasteiger partial charge on any atom is -0.370 e. The topological polar surface area (TPSA) is 91.9 Å². The average Bonchev–Trinajstić information content (AvgIpc) is 2.70. The highest BCUT2D eigenvalue weighted by atomic mass is 16.1. The van der Waals surface area contributed by atoms with E-state index < -0.39 is 0 Å². The summed E-state index contributed by atoms with van der Waals surface area (Å²) in [5, 5.41) is 10.8. The van der Waals surface area contributed by atoms with Gasteiger partial charge < -0.3 is 5.73 Å². The van der Waals surface area contributed by atoms with Crippen molar-refractivity contribution in [2.45, 2.75) is 39.0 Å². The first-order valence-electron chi connectivity index (χ1n) is 9.66. The molecule has 0 bridgehead atoms. The molecule has 0 aliphatic heterocycles. The maximum Gasteiger partial charge on any atom is 0.258 e. The molecule has 1 aromatic heterocycles. The second-order valence-electron chi connectivity index (χ2n) is 7.04. The first-order valence-corrected chi connectivity index (χ1v) is 9.66. The van der Waals surface area contributed by atoms with Crippen LogP contribution < -0.4 is 11.1 Å². The molecule has 28 heavy (non-hydrogen) atoms. The van der Waals surface area contributed by atoms with Crippen molar-refractivity contribution in [3.8, 4) is 11.3 Å². The number of benzene rings is 2. The van der Waals surface area contributed by atoms with Crippen LogP contribution in [0.15, 0.2) is 54.6 Å². The molecule has 5 heteroatoms. The summed E-state index contributed by atoms with van der Waals surface area (Å²) in [5.41, 5.74) is 9.48. The van der Waals surface area contributed by atoms with Crippen LogP contribution in [0.1, 0.15) is 54.9 Å². The summed E-state index contributed by atoms with van der Waals surface area (Å²) >= 11 is 0. The number of nitrogens with two attached hydrogens (primary N) is 1. The molecule has 2 aromatic carbocycles. The normalized spacial score (nSPS) is 11.9. The maximum atomic E-state index is 13.1. The summed E-state index contributed by atoms with van der Waals surface area (Å²) in [7, 11) is 0. The third kappa shape index (κ3) is 4.03. The van der Waals surface area contributed by atoms with Crippen molar-refractivity contribution in [3.05, 3.63) is 65.7 Å². The number of amides is 1. The number of carbonyl (C=O) groups is 1. The summed E-state index contributed by atoms with van der Waals surface area (Å²) in [5.74, 6) is -0.582. The Balaban J connectivity index is 2.34. The van der Waals surface area contributed by atoms with Crippen LogP contribution in [0.3, 0.4) is 0 Å². The fourth-order valence-corrected chi connectivity index (χ4v) is 3.61. The van der Waals surface area contributed by atoms with E-state index in [9.17, 15) is 4.79 Å². The predicted molar refractivity (Wildman–Crippen MR) is 114 cm³/mol. The van der Waals surface area contributed by atoms with Crippen LogP contribution in [-0.4, -0.2) is 16.9 Å². The molecule has 4 N–H and O–H groups in total. The fraction of sp³-hybridized carbons (Fsp3) is 0.261. The third-order valence-electron chi connectivity index (χ3n) is 4.94. The highest BCUT2D eigenvalue weighted by molar-refractivity contribution is 6.13. The molecule has 1 heterocycles. The van der Waals surface area contributed by atoms with E-state index in [1.165, 1.54) is 0 Å². The molecule has 5 nitrogen and oxygen atoms in total. The van der Waals surface area contributed by atoms with E-state index in [0.29, 0.717) is 5.56 Å². The van der Waals surface area contributed by atoms with Crippen molar-refractivity contribution in [3.63, 3.8) is 0 Å². The number of nitrogens with one attached hydrogen (secondary N) is 2. The molecular weight excluding hydrogens is 348 g/mol. The van der Waals surface area contributed by atoms with Crippen molar-refractivity contribution in [2.75, 3.05) is 0 Å². The van der Waals surface area contributed by atoms with Crippen molar-refractivity contribution in [1.82, 2.24) is 10.3 Å². The lowest BCUT2D eigenvalue weighted by Crippen LogP contribution is -2.36. The van der Waals surface area contributed by atoms with Crippen LogP contribution in [0.2, 0.25) is 0 Å². The lowest BCUT2D eigenvalue weighted by atomic mass is 9.86. The Morgan fingerprint density at radius 1 is 1.14 bits per heavy atom. The first kappa shape index (κ1) is 19.5. The summed E-state index contributed by atoms with van der Waals surface area (Å²) in [6.07, 6.45) is 3.10. The van der Waals surface area contributed by atoms with Crippen molar-refractivity contribution < 1.29 is 4.79 Å². The van der Waals surface area contributed by atoms with Gasteiger partial charge in [0.05, 0.1) is 16.8 Å². The molecule has 0 radical (unpaired) electrons. The number of fused-ring (bicyclic) bond motifs is 1. The van der Waals surface area contributed by atoms with E-state index in [2.05, 4.69) is 19.2 Å². The number of aromatic nitrogens is 1. The average molecular weight is 374 g/mol. The highest BCUT2D eigenvalue weighted by Crippen LogP contribution is 2.37. The summed E-state index contributed by atoms with van der Waals surface area (Å²) < 4.78 is 0. The van der Waals surface area contributed by atoms with Crippen LogP contribution in [0.4, 0.5) is 0 Å². The molecule has 1 amide bonds. The van der Waals surface area contributed by atoms with Gasteiger partial charge in [-0.25, -0.2) is 4.98 Å². The second kappa shape index (κ2) is 8.65. The molecule has 144 valence electrons. The van der Waals surface area contributed by atoms with Gasteiger partial charge in [-0.15, -0.1) is 0 Å². The van der Waals surface area contributed by atoms with Gasteiger partial charge in [0.15, 0.2) is 5.96 Å². The number of guanidine groups is 1. The minimum atomic E-state index is -0.362. The number of para-hydroxylation sites is 1. The van der Waals surface area contributed by atoms with E-state index in [-0.39, 0.29) is 17.8 Å². The Labute approximate surface area is 165 Å². The Morgan fingerprint density at radius 2 is 1.82 bits per heavy atom. The van der Waals surface area contributed by atoms with E-state index in [1.54, 1.807) is 0 Å². The molecule has 0 aliphatic rings. The van der Waals surface area contributed by atoms with E-state index in [0.717, 1.165) is 47.0 Å². The van der Waals surface area contributed by atoms with Crippen LogP contribution in [0.5, 0.6) is 0 Å². The number of nitrogens with zero attached hydrogens (tertiary/aromatic N) is 1. The van der Waals surface area contributed by atoms with Crippen molar-refractivity contribution in [1.29, 1.82) is 5.41 Å². The first-order chi connectivity index (χ1) is 13.5. The Kier molecular flexibility index (Phi) is 6.04. The highest BCUT2D eigenvalue weighted by Gasteiger charge is 2.25. The number of rotatable bonds is 6. The van der Waals surface area contributed by atoms with Gasteiger partial charge in [0.1, 0.15) is 0 Å². The van der Waals surface area contributed by atoms with Gasteiger partial charge >= 0.3 is 0 Å². The zero-order chi connectivity index (χ0) is 20.1. The molecule has 1 unspecified atom stereocenters. The number of hydrogen-bond donors (Lipinski definition) is 3. The molecule has 0 spiro atoms. The molecule has 0 aliphatic carbocycles. The van der Waals surface area contributed by atoms with Gasteiger partial charge in [0, 0.05) is 10.9 Å². The zero-order valence-corrected chi connectivity index (χ0v) is 16.3. The lowest BCUT2D eigenvalue weighted by molar-refractivity contribution is 0.0976. The Morgan fingerprint density at radius 3 is 2.50 bits per heavy atom. The summed E-state index contributed by atoms with van der Waals surface area (Å²) in [6.45, 7) is 4.30. The molecule has 0 saturated heterocycles. The summed E-state index contributed by atoms with van der Waals surface area (Å²) in [6, 6.07) is 17.6. The smallest absolute Gasteiger partial charge is 0.258 e. The van der Waals surface area contributed by atoms with Gasteiger partial charge in [0.2, 0.25) is 0 Å².